The van der Waals surface area contributed by atoms with Gasteiger partial charge in [-0.1, -0.05) is 24.3 Å². The van der Waals surface area contributed by atoms with Gasteiger partial charge in [0.2, 0.25) is 0 Å². The highest BCUT2D eigenvalue weighted by molar-refractivity contribution is 6.11. The molecule has 0 spiro atoms. The number of carbonyl (C=O) groups excluding carboxylic acids is 1. The van der Waals surface area contributed by atoms with E-state index in [1.165, 1.54) is 0 Å². The predicted molar refractivity (Wildman–Crippen MR) is 81.8 cm³/mol. The van der Waals surface area contributed by atoms with Crippen molar-refractivity contribution in [3.05, 3.63) is 66.0 Å². The number of anilines is 1. The summed E-state index contributed by atoms with van der Waals surface area (Å²) in [6, 6.07) is 12.8. The van der Waals surface area contributed by atoms with Gasteiger partial charge >= 0.3 is 0 Å². The maximum Gasteiger partial charge on any atom is 0.257 e. The second kappa shape index (κ2) is 5.68. The number of nitrogens with zero attached hydrogens (tertiary/aromatic N) is 2. The van der Waals surface area contributed by atoms with Gasteiger partial charge in [-0.3, -0.25) is 14.8 Å². The Bertz CT molecular complexity index is 796. The van der Waals surface area contributed by atoms with Gasteiger partial charge in [0.1, 0.15) is 5.52 Å². The minimum atomic E-state index is -0.220. The number of para-hydroxylation sites is 2. The molecule has 104 valence electrons. The minimum absolute atomic E-state index is 0.220. The highest BCUT2D eigenvalue weighted by atomic mass is 16.1. The van der Waals surface area contributed by atoms with E-state index in [2.05, 4.69) is 15.3 Å². The van der Waals surface area contributed by atoms with Crippen LogP contribution in [-0.4, -0.2) is 15.9 Å². The molecule has 0 aliphatic carbocycles. The number of amides is 1. The Labute approximate surface area is 121 Å². The molecule has 0 aliphatic heterocycles. The largest absolute Gasteiger partial charge is 0.326 e. The van der Waals surface area contributed by atoms with E-state index in [9.17, 15) is 4.79 Å². The van der Waals surface area contributed by atoms with Crippen molar-refractivity contribution in [2.75, 3.05) is 5.32 Å². The molecule has 0 bridgehead atoms. The third-order valence-corrected chi connectivity index (χ3v) is 3.23. The van der Waals surface area contributed by atoms with E-state index in [4.69, 9.17) is 5.73 Å². The highest BCUT2D eigenvalue weighted by Crippen LogP contribution is 2.18. The van der Waals surface area contributed by atoms with E-state index < -0.39 is 0 Å². The number of benzene rings is 2. The molecule has 21 heavy (non-hydrogen) atoms. The van der Waals surface area contributed by atoms with Gasteiger partial charge in [-0.25, -0.2) is 0 Å². The van der Waals surface area contributed by atoms with Gasteiger partial charge < -0.3 is 11.1 Å². The van der Waals surface area contributed by atoms with Crippen molar-refractivity contribution in [1.29, 1.82) is 0 Å². The maximum atomic E-state index is 12.5. The molecular formula is C16H14N4O. The summed E-state index contributed by atoms with van der Waals surface area (Å²) in [5.74, 6) is -0.220. The van der Waals surface area contributed by atoms with E-state index in [1.54, 1.807) is 24.5 Å². The molecule has 1 heterocycles. The van der Waals surface area contributed by atoms with Crippen LogP contribution >= 0.6 is 0 Å². The van der Waals surface area contributed by atoms with Crippen LogP contribution in [0.2, 0.25) is 0 Å². The van der Waals surface area contributed by atoms with Crippen LogP contribution in [0.25, 0.3) is 11.0 Å². The molecular weight excluding hydrogens is 264 g/mol. The van der Waals surface area contributed by atoms with Gasteiger partial charge in [0.05, 0.1) is 11.1 Å². The SMILES string of the molecule is NCc1ccccc1NC(=O)c1cccc2nccnc12. The molecule has 0 fully saturated rings. The summed E-state index contributed by atoms with van der Waals surface area (Å²) in [4.78, 5) is 20.9. The fraction of sp³-hybridized carbons (Fsp3) is 0.0625. The van der Waals surface area contributed by atoms with E-state index in [1.807, 2.05) is 30.3 Å². The summed E-state index contributed by atoms with van der Waals surface area (Å²) in [6.45, 7) is 0.367. The standard InChI is InChI=1S/C16H14N4O/c17-10-11-4-1-2-6-13(11)20-16(21)12-5-3-7-14-15(12)19-9-8-18-14/h1-9H,10,17H2,(H,20,21). The van der Waals surface area contributed by atoms with E-state index in [0.717, 1.165) is 5.56 Å². The van der Waals surface area contributed by atoms with Gasteiger partial charge in [-0.05, 0) is 23.8 Å². The predicted octanol–water partition coefficient (Wildman–Crippen LogP) is 2.34. The Kier molecular flexibility index (Phi) is 3.57. The summed E-state index contributed by atoms with van der Waals surface area (Å²) < 4.78 is 0. The smallest absolute Gasteiger partial charge is 0.257 e. The van der Waals surface area contributed by atoms with Crippen LogP contribution in [0.1, 0.15) is 15.9 Å². The monoisotopic (exact) mass is 278 g/mol. The molecule has 0 radical (unpaired) electrons. The molecule has 3 rings (SSSR count). The molecule has 1 amide bonds. The first kappa shape index (κ1) is 13.2. The zero-order valence-electron chi connectivity index (χ0n) is 11.3. The highest BCUT2D eigenvalue weighted by Gasteiger charge is 2.12. The second-order valence-corrected chi connectivity index (χ2v) is 4.55. The van der Waals surface area contributed by atoms with Crippen molar-refractivity contribution in [2.45, 2.75) is 6.54 Å². The van der Waals surface area contributed by atoms with Gasteiger partial charge in [0.25, 0.3) is 5.91 Å². The van der Waals surface area contributed by atoms with Crippen LogP contribution in [0.4, 0.5) is 5.69 Å². The number of hydrogen-bond acceptors (Lipinski definition) is 4. The van der Waals surface area contributed by atoms with Crippen LogP contribution < -0.4 is 11.1 Å². The van der Waals surface area contributed by atoms with Crippen LogP contribution in [0.5, 0.6) is 0 Å². The van der Waals surface area contributed by atoms with Crippen LogP contribution in [0.3, 0.4) is 0 Å². The van der Waals surface area contributed by atoms with Gasteiger partial charge in [-0.15, -0.1) is 0 Å². The summed E-state index contributed by atoms with van der Waals surface area (Å²) in [5.41, 5.74) is 9.05. The second-order valence-electron chi connectivity index (χ2n) is 4.55. The lowest BCUT2D eigenvalue weighted by atomic mass is 10.1. The number of nitrogens with one attached hydrogen (secondary N) is 1. The molecule has 5 heteroatoms. The molecule has 3 N–H and O–H groups in total. The van der Waals surface area contributed by atoms with Crippen molar-refractivity contribution < 1.29 is 4.79 Å². The first-order chi connectivity index (χ1) is 10.3. The summed E-state index contributed by atoms with van der Waals surface area (Å²) in [7, 11) is 0. The summed E-state index contributed by atoms with van der Waals surface area (Å²) in [6.07, 6.45) is 3.18. The molecule has 0 unspecified atom stereocenters. The average molecular weight is 278 g/mol. The van der Waals surface area contributed by atoms with E-state index in [-0.39, 0.29) is 5.91 Å². The number of nitrogens with two attached hydrogens (primary N) is 1. The van der Waals surface area contributed by atoms with Crippen molar-refractivity contribution in [1.82, 2.24) is 9.97 Å². The Morgan fingerprint density at radius 1 is 1.05 bits per heavy atom. The van der Waals surface area contributed by atoms with Crippen molar-refractivity contribution >= 4 is 22.6 Å². The Morgan fingerprint density at radius 2 is 1.86 bits per heavy atom. The van der Waals surface area contributed by atoms with Gasteiger partial charge in [-0.2, -0.15) is 0 Å². The molecule has 3 aromatic rings. The van der Waals surface area contributed by atoms with Gasteiger partial charge in [0.15, 0.2) is 0 Å². The third-order valence-electron chi connectivity index (χ3n) is 3.23. The molecule has 5 nitrogen and oxygen atoms in total. The third kappa shape index (κ3) is 2.59. The molecule has 0 saturated heterocycles. The van der Waals surface area contributed by atoms with Crippen LogP contribution in [-0.2, 0) is 6.54 Å². The molecule has 1 aromatic heterocycles. The van der Waals surface area contributed by atoms with E-state index >= 15 is 0 Å². The van der Waals surface area contributed by atoms with Crippen LogP contribution in [0.15, 0.2) is 54.9 Å². The fourth-order valence-corrected chi connectivity index (χ4v) is 2.19. The van der Waals surface area contributed by atoms with Crippen LogP contribution in [0, 0.1) is 0 Å². The molecule has 0 saturated carbocycles. The quantitative estimate of drug-likeness (QED) is 0.770. The maximum absolute atomic E-state index is 12.5. The number of fused-ring (bicyclic) bond motifs is 1. The molecule has 0 atom stereocenters. The lowest BCUT2D eigenvalue weighted by Gasteiger charge is -2.10. The minimum Gasteiger partial charge on any atom is -0.326 e. The number of hydrogen-bond donors (Lipinski definition) is 2. The van der Waals surface area contributed by atoms with E-state index in [0.29, 0.717) is 28.8 Å². The van der Waals surface area contributed by atoms with Crippen molar-refractivity contribution in [3.8, 4) is 0 Å². The lowest BCUT2D eigenvalue weighted by Crippen LogP contribution is -2.15. The fourth-order valence-electron chi connectivity index (χ4n) is 2.19. The first-order valence-corrected chi connectivity index (χ1v) is 6.58. The summed E-state index contributed by atoms with van der Waals surface area (Å²) >= 11 is 0. The summed E-state index contributed by atoms with van der Waals surface area (Å²) in [5, 5.41) is 2.88. The van der Waals surface area contributed by atoms with Gasteiger partial charge in [0, 0.05) is 24.6 Å². The number of aromatic nitrogens is 2. The Balaban J connectivity index is 1.98. The average Bonchev–Trinajstić information content (AvgIpc) is 2.54. The number of carbonyl (C=O) groups is 1. The zero-order valence-corrected chi connectivity index (χ0v) is 11.3. The lowest BCUT2D eigenvalue weighted by molar-refractivity contribution is 0.102. The van der Waals surface area contributed by atoms with Crippen molar-refractivity contribution in [2.24, 2.45) is 5.73 Å². The first-order valence-electron chi connectivity index (χ1n) is 6.58. The molecule has 0 aliphatic rings. The zero-order chi connectivity index (χ0) is 14.7. The van der Waals surface area contributed by atoms with Crippen molar-refractivity contribution in [3.63, 3.8) is 0 Å². The number of rotatable bonds is 3. The molecule has 2 aromatic carbocycles. The Morgan fingerprint density at radius 3 is 2.71 bits per heavy atom. The topological polar surface area (TPSA) is 80.9 Å². The Hall–Kier alpha value is -2.79. The normalized spacial score (nSPS) is 10.5.